The summed E-state index contributed by atoms with van der Waals surface area (Å²) in [7, 11) is 0. The number of nitrogens with two attached hydrogens (primary N) is 1. The van der Waals surface area contributed by atoms with Gasteiger partial charge in [0, 0.05) is 0 Å². The summed E-state index contributed by atoms with van der Waals surface area (Å²) in [6.07, 6.45) is 0.660. The van der Waals surface area contributed by atoms with Crippen LogP contribution >= 0.6 is 23.2 Å². The van der Waals surface area contributed by atoms with Gasteiger partial charge in [0.1, 0.15) is 6.10 Å². The topological polar surface area (TPSA) is 52.3 Å². The Hall–Kier alpha value is -1.71. The van der Waals surface area contributed by atoms with Gasteiger partial charge in [-0.3, -0.25) is 0 Å². The lowest BCUT2D eigenvalue weighted by Crippen LogP contribution is -2.15. The van der Waals surface area contributed by atoms with E-state index < -0.39 is 6.09 Å². The molecule has 0 heterocycles. The second kappa shape index (κ2) is 5.58. The van der Waals surface area contributed by atoms with Crippen LogP contribution in [0.25, 0.3) is 11.1 Å². The molecule has 1 atom stereocenters. The standard InChI is InChI=1S/C16H13Cl2NO2/c17-13-5-2-10(8-14(13)18)9-1-4-12-11(7-9)3-6-15(12)21-16(19)20/h1-2,4-5,7-8,15H,3,6H2,(H2,19,20). The maximum absolute atomic E-state index is 10.9. The lowest BCUT2D eigenvalue weighted by atomic mass is 10.0. The Labute approximate surface area is 132 Å². The molecule has 2 N–H and O–H groups in total. The highest BCUT2D eigenvalue weighted by atomic mass is 35.5. The number of ether oxygens (including phenoxy) is 1. The molecule has 1 aliphatic carbocycles. The monoisotopic (exact) mass is 321 g/mol. The highest BCUT2D eigenvalue weighted by Gasteiger charge is 2.25. The van der Waals surface area contributed by atoms with Gasteiger partial charge in [-0.25, -0.2) is 4.79 Å². The molecule has 0 fully saturated rings. The van der Waals surface area contributed by atoms with Crippen molar-refractivity contribution < 1.29 is 9.53 Å². The van der Waals surface area contributed by atoms with E-state index in [1.807, 2.05) is 24.3 Å². The molecule has 1 aliphatic rings. The van der Waals surface area contributed by atoms with Crippen molar-refractivity contribution in [2.45, 2.75) is 18.9 Å². The van der Waals surface area contributed by atoms with Crippen molar-refractivity contribution in [1.82, 2.24) is 0 Å². The second-order valence-corrected chi connectivity index (χ2v) is 5.82. The molecular formula is C16H13Cl2NO2. The van der Waals surface area contributed by atoms with E-state index in [0.29, 0.717) is 10.0 Å². The van der Waals surface area contributed by atoms with Gasteiger partial charge in [-0.2, -0.15) is 0 Å². The summed E-state index contributed by atoms with van der Waals surface area (Å²) in [5, 5.41) is 1.07. The molecular weight excluding hydrogens is 309 g/mol. The molecule has 1 amide bonds. The zero-order valence-electron chi connectivity index (χ0n) is 11.1. The van der Waals surface area contributed by atoms with Crippen LogP contribution in [0.1, 0.15) is 23.7 Å². The normalized spacial score (nSPS) is 16.6. The second-order valence-electron chi connectivity index (χ2n) is 5.01. The number of fused-ring (bicyclic) bond motifs is 1. The predicted octanol–water partition coefficient (Wildman–Crippen LogP) is 4.74. The van der Waals surface area contributed by atoms with Crippen molar-refractivity contribution in [3.8, 4) is 11.1 Å². The minimum atomic E-state index is -0.735. The van der Waals surface area contributed by atoms with Crippen LogP contribution in [0, 0.1) is 0 Å². The quantitative estimate of drug-likeness (QED) is 0.868. The summed E-state index contributed by atoms with van der Waals surface area (Å²) < 4.78 is 5.12. The summed E-state index contributed by atoms with van der Waals surface area (Å²) in [4.78, 5) is 10.9. The van der Waals surface area contributed by atoms with Crippen LogP contribution < -0.4 is 5.73 Å². The third-order valence-electron chi connectivity index (χ3n) is 3.68. The van der Waals surface area contributed by atoms with Crippen LogP contribution in [0.4, 0.5) is 4.79 Å². The molecule has 3 nitrogen and oxygen atoms in total. The molecule has 0 radical (unpaired) electrons. The zero-order chi connectivity index (χ0) is 15.0. The maximum atomic E-state index is 10.9. The minimum Gasteiger partial charge on any atom is -0.441 e. The summed E-state index contributed by atoms with van der Waals surface area (Å²) in [6, 6.07) is 11.6. The van der Waals surface area contributed by atoms with Gasteiger partial charge in [-0.15, -0.1) is 0 Å². The van der Waals surface area contributed by atoms with Crippen molar-refractivity contribution >= 4 is 29.3 Å². The molecule has 0 spiro atoms. The van der Waals surface area contributed by atoms with Crippen molar-refractivity contribution in [2.24, 2.45) is 5.73 Å². The number of primary amides is 1. The van der Waals surface area contributed by atoms with Gasteiger partial charge < -0.3 is 10.5 Å². The van der Waals surface area contributed by atoms with Crippen LogP contribution in [0.5, 0.6) is 0 Å². The van der Waals surface area contributed by atoms with Crippen molar-refractivity contribution in [3.63, 3.8) is 0 Å². The minimum absolute atomic E-state index is 0.236. The molecule has 2 aromatic rings. The van der Waals surface area contributed by atoms with Crippen LogP contribution in [0.3, 0.4) is 0 Å². The average molecular weight is 322 g/mol. The Morgan fingerprint density at radius 3 is 2.52 bits per heavy atom. The van der Waals surface area contributed by atoms with Gasteiger partial charge in [-0.05, 0) is 47.2 Å². The Kier molecular flexibility index (Phi) is 3.79. The number of halogens is 2. The lowest BCUT2D eigenvalue weighted by molar-refractivity contribution is 0.107. The van der Waals surface area contributed by atoms with Crippen LogP contribution in [0.15, 0.2) is 36.4 Å². The number of amides is 1. The number of rotatable bonds is 2. The number of carbonyl (C=O) groups excluding carboxylic acids is 1. The van der Waals surface area contributed by atoms with Crippen LogP contribution in [-0.4, -0.2) is 6.09 Å². The van der Waals surface area contributed by atoms with Gasteiger partial charge in [0.2, 0.25) is 0 Å². The van der Waals surface area contributed by atoms with Crippen LogP contribution in [0.2, 0.25) is 10.0 Å². The van der Waals surface area contributed by atoms with Gasteiger partial charge in [0.05, 0.1) is 10.0 Å². The Balaban J connectivity index is 1.93. The fourth-order valence-corrected chi connectivity index (χ4v) is 2.99. The molecule has 5 heteroatoms. The van der Waals surface area contributed by atoms with Crippen molar-refractivity contribution in [2.75, 3.05) is 0 Å². The third-order valence-corrected chi connectivity index (χ3v) is 4.42. The van der Waals surface area contributed by atoms with Gasteiger partial charge in [0.15, 0.2) is 0 Å². The van der Waals surface area contributed by atoms with E-state index in [1.165, 1.54) is 5.56 Å². The smallest absolute Gasteiger partial charge is 0.405 e. The third kappa shape index (κ3) is 2.85. The first kappa shape index (κ1) is 14.2. The molecule has 0 aromatic heterocycles. The Bertz CT molecular complexity index is 715. The molecule has 108 valence electrons. The molecule has 0 saturated heterocycles. The van der Waals surface area contributed by atoms with E-state index in [4.69, 9.17) is 33.7 Å². The Morgan fingerprint density at radius 2 is 1.81 bits per heavy atom. The molecule has 1 unspecified atom stereocenters. The fraction of sp³-hybridized carbons (Fsp3) is 0.188. The molecule has 2 aromatic carbocycles. The van der Waals surface area contributed by atoms with E-state index in [-0.39, 0.29) is 6.10 Å². The summed E-state index contributed by atoms with van der Waals surface area (Å²) in [6.45, 7) is 0. The van der Waals surface area contributed by atoms with Gasteiger partial charge >= 0.3 is 6.09 Å². The first-order valence-corrected chi connectivity index (χ1v) is 7.34. The number of aryl methyl sites for hydroxylation is 1. The van der Waals surface area contributed by atoms with E-state index >= 15 is 0 Å². The lowest BCUT2D eigenvalue weighted by Gasteiger charge is -2.12. The van der Waals surface area contributed by atoms with Crippen LogP contribution in [-0.2, 0) is 11.2 Å². The van der Waals surface area contributed by atoms with E-state index in [0.717, 1.165) is 29.5 Å². The average Bonchev–Trinajstić information content (AvgIpc) is 2.83. The molecule has 0 bridgehead atoms. The van der Waals surface area contributed by atoms with E-state index in [1.54, 1.807) is 6.07 Å². The SMILES string of the molecule is NC(=O)OC1CCc2cc(-c3ccc(Cl)c(Cl)c3)ccc21. The first-order valence-electron chi connectivity index (χ1n) is 6.59. The number of benzene rings is 2. The molecule has 0 aliphatic heterocycles. The number of hydrogen-bond donors (Lipinski definition) is 1. The highest BCUT2D eigenvalue weighted by molar-refractivity contribution is 6.42. The zero-order valence-corrected chi connectivity index (χ0v) is 12.6. The van der Waals surface area contributed by atoms with Crippen molar-refractivity contribution in [1.29, 1.82) is 0 Å². The summed E-state index contributed by atoms with van der Waals surface area (Å²) in [5.74, 6) is 0. The van der Waals surface area contributed by atoms with E-state index in [2.05, 4.69) is 6.07 Å². The Morgan fingerprint density at radius 1 is 1.10 bits per heavy atom. The molecule has 21 heavy (non-hydrogen) atoms. The van der Waals surface area contributed by atoms with Crippen molar-refractivity contribution in [3.05, 3.63) is 57.6 Å². The van der Waals surface area contributed by atoms with Gasteiger partial charge in [-0.1, -0.05) is 47.5 Å². The number of carbonyl (C=O) groups is 1. The molecule has 3 rings (SSSR count). The summed E-state index contributed by atoms with van der Waals surface area (Å²) in [5.41, 5.74) is 9.36. The fourth-order valence-electron chi connectivity index (χ4n) is 2.70. The number of hydrogen-bond acceptors (Lipinski definition) is 2. The summed E-state index contributed by atoms with van der Waals surface area (Å²) >= 11 is 12.0. The van der Waals surface area contributed by atoms with E-state index in [9.17, 15) is 4.79 Å². The largest absolute Gasteiger partial charge is 0.441 e. The predicted molar refractivity (Wildman–Crippen MR) is 83.6 cm³/mol. The maximum Gasteiger partial charge on any atom is 0.405 e. The molecule has 0 saturated carbocycles. The van der Waals surface area contributed by atoms with Gasteiger partial charge in [0.25, 0.3) is 0 Å². The highest BCUT2D eigenvalue weighted by Crippen LogP contribution is 2.37. The first-order chi connectivity index (χ1) is 10.0.